The lowest BCUT2D eigenvalue weighted by Crippen LogP contribution is -2.32. The first-order valence-electron chi connectivity index (χ1n) is 8.23. The summed E-state index contributed by atoms with van der Waals surface area (Å²) in [7, 11) is 0. The Balaban J connectivity index is 2.06. The van der Waals surface area contributed by atoms with Gasteiger partial charge in [-0.1, -0.05) is 6.07 Å². The van der Waals surface area contributed by atoms with E-state index in [1.807, 2.05) is 36.9 Å². The van der Waals surface area contributed by atoms with Crippen molar-refractivity contribution in [2.75, 3.05) is 26.2 Å². The molecule has 2 amide bonds. The van der Waals surface area contributed by atoms with E-state index in [0.29, 0.717) is 30.1 Å². The molecule has 0 spiro atoms. The van der Waals surface area contributed by atoms with E-state index in [4.69, 9.17) is 0 Å². The van der Waals surface area contributed by atoms with Gasteiger partial charge in [0, 0.05) is 32.4 Å². The minimum Gasteiger partial charge on any atom is -0.337 e. The highest BCUT2D eigenvalue weighted by atomic mass is 16.2. The molecule has 0 radical (unpaired) electrons. The molecule has 0 aromatic carbocycles. The fraction of sp³-hybridized carbons (Fsp3) is 0.471. The molecule has 0 atom stereocenters. The van der Waals surface area contributed by atoms with Crippen LogP contribution < -0.4 is 0 Å². The third-order valence-corrected chi connectivity index (χ3v) is 4.39. The fourth-order valence-corrected chi connectivity index (χ4v) is 3.07. The topological polar surface area (TPSA) is 57.9 Å². The van der Waals surface area contributed by atoms with Gasteiger partial charge < -0.3 is 9.80 Å². The first kappa shape index (κ1) is 15.5. The molecule has 1 saturated heterocycles. The largest absolute Gasteiger partial charge is 0.337 e. The number of hydrogen-bond acceptors (Lipinski definition) is 3. The van der Waals surface area contributed by atoms with Crippen LogP contribution in [-0.4, -0.2) is 57.2 Å². The molecule has 0 aliphatic carbocycles. The van der Waals surface area contributed by atoms with E-state index in [1.165, 1.54) is 0 Å². The van der Waals surface area contributed by atoms with Crippen LogP contribution in [-0.2, 0) is 0 Å². The van der Waals surface area contributed by atoms with Gasteiger partial charge in [0.05, 0.1) is 5.52 Å². The molecule has 2 aromatic heterocycles. The summed E-state index contributed by atoms with van der Waals surface area (Å²) in [5.41, 5.74) is 1.07. The number of pyridine rings is 1. The lowest BCUT2D eigenvalue weighted by atomic mass is 10.3. The number of carbonyl (C=O) groups is 2. The highest BCUT2D eigenvalue weighted by molar-refractivity contribution is 6.02. The van der Waals surface area contributed by atoms with Gasteiger partial charge in [0.25, 0.3) is 11.8 Å². The van der Waals surface area contributed by atoms with Crippen molar-refractivity contribution in [1.29, 1.82) is 0 Å². The van der Waals surface area contributed by atoms with E-state index in [2.05, 4.69) is 4.98 Å². The third kappa shape index (κ3) is 2.69. The summed E-state index contributed by atoms with van der Waals surface area (Å²) < 4.78 is 1.73. The van der Waals surface area contributed by atoms with Gasteiger partial charge in [0.15, 0.2) is 5.69 Å². The molecule has 0 bridgehead atoms. The molecule has 0 N–H and O–H groups in total. The number of aromatic nitrogens is 2. The number of hydrogen-bond donors (Lipinski definition) is 0. The predicted octanol–water partition coefficient (Wildman–Crippen LogP) is 2.05. The molecule has 23 heavy (non-hydrogen) atoms. The number of imidazole rings is 1. The maximum atomic E-state index is 12.7. The van der Waals surface area contributed by atoms with Crippen molar-refractivity contribution < 1.29 is 9.59 Å². The number of nitrogens with zero attached hydrogens (tertiary/aromatic N) is 4. The van der Waals surface area contributed by atoms with Crippen LogP contribution in [0.2, 0.25) is 0 Å². The molecule has 122 valence electrons. The second-order valence-corrected chi connectivity index (χ2v) is 5.72. The summed E-state index contributed by atoms with van der Waals surface area (Å²) in [6, 6.07) is 5.55. The molecule has 0 saturated carbocycles. The summed E-state index contributed by atoms with van der Waals surface area (Å²) in [6.07, 6.45) is 3.85. The predicted molar refractivity (Wildman–Crippen MR) is 87.6 cm³/mol. The summed E-state index contributed by atoms with van der Waals surface area (Å²) in [5.74, 6) is 0.0910. The minimum absolute atomic E-state index is 0.0789. The van der Waals surface area contributed by atoms with Crippen molar-refractivity contribution in [2.45, 2.75) is 26.7 Å². The fourth-order valence-electron chi connectivity index (χ4n) is 3.07. The molecule has 3 heterocycles. The van der Waals surface area contributed by atoms with E-state index in [-0.39, 0.29) is 11.8 Å². The Labute approximate surface area is 135 Å². The Bertz CT molecular complexity index is 679. The summed E-state index contributed by atoms with van der Waals surface area (Å²) in [5, 5.41) is 0. The minimum atomic E-state index is -0.142. The average Bonchev–Trinajstić information content (AvgIpc) is 3.23. The lowest BCUT2D eigenvalue weighted by Gasteiger charge is -2.17. The molecular formula is C17H22N4O2. The van der Waals surface area contributed by atoms with E-state index >= 15 is 0 Å². The van der Waals surface area contributed by atoms with Crippen LogP contribution in [0.15, 0.2) is 24.4 Å². The van der Waals surface area contributed by atoms with Crippen LogP contribution in [0.1, 0.15) is 47.8 Å². The van der Waals surface area contributed by atoms with Crippen LogP contribution in [0.3, 0.4) is 0 Å². The van der Waals surface area contributed by atoms with E-state index in [0.717, 1.165) is 25.9 Å². The summed E-state index contributed by atoms with van der Waals surface area (Å²) >= 11 is 0. The van der Waals surface area contributed by atoms with Crippen LogP contribution in [0.4, 0.5) is 0 Å². The van der Waals surface area contributed by atoms with Gasteiger partial charge in [-0.25, -0.2) is 4.98 Å². The number of rotatable bonds is 4. The lowest BCUT2D eigenvalue weighted by molar-refractivity contribution is 0.0759. The normalized spacial score (nSPS) is 14.4. The van der Waals surface area contributed by atoms with Gasteiger partial charge in [0.1, 0.15) is 0 Å². The van der Waals surface area contributed by atoms with Crippen LogP contribution in [0.5, 0.6) is 0 Å². The van der Waals surface area contributed by atoms with E-state index < -0.39 is 0 Å². The molecule has 3 rings (SSSR count). The summed E-state index contributed by atoms with van der Waals surface area (Å²) in [6.45, 7) is 6.65. The molecule has 0 unspecified atom stereocenters. The quantitative estimate of drug-likeness (QED) is 0.868. The Morgan fingerprint density at radius 3 is 2.52 bits per heavy atom. The Hall–Kier alpha value is -2.37. The molecule has 1 aliphatic heterocycles. The number of carbonyl (C=O) groups excluding carboxylic acids is 2. The summed E-state index contributed by atoms with van der Waals surface area (Å²) in [4.78, 5) is 33.4. The zero-order valence-electron chi connectivity index (χ0n) is 13.7. The number of likely N-dealkylation sites (tertiary alicyclic amines) is 1. The zero-order valence-corrected chi connectivity index (χ0v) is 13.7. The van der Waals surface area contributed by atoms with Crippen LogP contribution >= 0.6 is 0 Å². The van der Waals surface area contributed by atoms with E-state index in [9.17, 15) is 9.59 Å². The Morgan fingerprint density at radius 1 is 1.17 bits per heavy atom. The zero-order chi connectivity index (χ0) is 16.4. The molecule has 6 heteroatoms. The highest BCUT2D eigenvalue weighted by Crippen LogP contribution is 2.19. The monoisotopic (exact) mass is 314 g/mol. The van der Waals surface area contributed by atoms with Gasteiger partial charge in [-0.15, -0.1) is 0 Å². The molecule has 2 aromatic rings. The maximum absolute atomic E-state index is 12.7. The van der Waals surface area contributed by atoms with E-state index in [1.54, 1.807) is 15.5 Å². The molecule has 6 nitrogen and oxygen atoms in total. The van der Waals surface area contributed by atoms with Crippen molar-refractivity contribution in [3.8, 4) is 0 Å². The first-order valence-corrected chi connectivity index (χ1v) is 8.23. The number of amides is 2. The SMILES string of the molecule is CCN(CC)C(=O)c1nc(C(=O)N2CCCC2)c2ccccn12. The molecule has 1 aliphatic rings. The van der Waals surface area contributed by atoms with Crippen molar-refractivity contribution in [2.24, 2.45) is 0 Å². The van der Waals surface area contributed by atoms with Gasteiger partial charge in [-0.05, 0) is 38.8 Å². The second-order valence-electron chi connectivity index (χ2n) is 5.72. The smallest absolute Gasteiger partial charge is 0.290 e. The maximum Gasteiger partial charge on any atom is 0.290 e. The highest BCUT2D eigenvalue weighted by Gasteiger charge is 2.27. The third-order valence-electron chi connectivity index (χ3n) is 4.39. The standard InChI is InChI=1S/C17H22N4O2/c1-3-19(4-2)17(23)15-18-14(13-9-5-6-12-21(13)15)16(22)20-10-7-8-11-20/h5-6,9,12H,3-4,7-8,10-11H2,1-2H3. The second kappa shape index (κ2) is 6.40. The average molecular weight is 314 g/mol. The van der Waals surface area contributed by atoms with Gasteiger partial charge >= 0.3 is 0 Å². The van der Waals surface area contributed by atoms with Crippen molar-refractivity contribution in [3.63, 3.8) is 0 Å². The first-order chi connectivity index (χ1) is 11.2. The van der Waals surface area contributed by atoms with Crippen molar-refractivity contribution in [1.82, 2.24) is 19.2 Å². The van der Waals surface area contributed by atoms with Gasteiger partial charge in [0.2, 0.25) is 5.82 Å². The Morgan fingerprint density at radius 2 is 1.87 bits per heavy atom. The van der Waals surface area contributed by atoms with Crippen LogP contribution in [0, 0.1) is 0 Å². The van der Waals surface area contributed by atoms with Gasteiger partial charge in [-0.3, -0.25) is 14.0 Å². The van der Waals surface area contributed by atoms with Crippen molar-refractivity contribution in [3.05, 3.63) is 35.9 Å². The van der Waals surface area contributed by atoms with Crippen molar-refractivity contribution >= 4 is 17.3 Å². The molecular weight excluding hydrogens is 292 g/mol. The molecule has 1 fully saturated rings. The van der Waals surface area contributed by atoms with Gasteiger partial charge in [-0.2, -0.15) is 0 Å². The number of fused-ring (bicyclic) bond motifs is 1. The Kier molecular flexibility index (Phi) is 4.32. The van der Waals surface area contributed by atoms with Crippen LogP contribution in [0.25, 0.3) is 5.52 Å².